The molecule has 3 heteroatoms. The molecule has 5 heavy (non-hydrogen) atoms. The van der Waals surface area contributed by atoms with Crippen LogP contribution < -0.4 is 5.90 Å². The van der Waals surface area contributed by atoms with Crippen LogP contribution in [0.3, 0.4) is 0 Å². The monoisotopic (exact) mass is 85.1 g/mol. The summed E-state index contributed by atoms with van der Waals surface area (Å²) in [4.78, 5) is 4.04. The number of nitrogens with two attached hydrogens (primary N) is 1. The third-order valence-corrected chi connectivity index (χ3v) is 0.167. The van der Waals surface area contributed by atoms with Crippen LogP contribution in [0.5, 0.6) is 0 Å². The molecule has 0 unspecified atom stereocenters. The summed E-state index contributed by atoms with van der Waals surface area (Å²) in [5.41, 5.74) is 0. The van der Waals surface area contributed by atoms with Crippen molar-refractivity contribution < 1.29 is 4.84 Å². The molecule has 0 bridgehead atoms. The van der Waals surface area contributed by atoms with E-state index in [2.05, 4.69) is 10.7 Å². The predicted octanol–water partition coefficient (Wildman–Crippen LogP) is -0.752. The Morgan fingerprint density at radius 3 is 2.00 bits per heavy atom. The van der Waals surface area contributed by atoms with Gasteiger partial charge in [0, 0.05) is 0 Å². The van der Waals surface area contributed by atoms with Crippen LogP contribution in [0.25, 0.3) is 0 Å². The van der Waals surface area contributed by atoms with Crippen LogP contribution in [0, 0.1) is 0 Å². The second-order valence-corrected chi connectivity index (χ2v) is 0.455. The van der Waals surface area contributed by atoms with E-state index in [0.717, 1.165) is 0 Å². The molecule has 0 rings (SSSR count). The first kappa shape index (κ1) is 9.33. The second kappa shape index (κ2) is 8.87. The predicted molar refractivity (Wildman–Crippen MR) is 23.0 cm³/mol. The van der Waals surface area contributed by atoms with Crippen molar-refractivity contribution in [3.05, 3.63) is 0 Å². The van der Waals surface area contributed by atoms with Crippen molar-refractivity contribution in [2.45, 2.75) is 6.92 Å². The first-order chi connectivity index (χ1) is 1.91. The van der Waals surface area contributed by atoms with Crippen molar-refractivity contribution >= 4 is 29.6 Å². The fourth-order valence-corrected chi connectivity index (χ4v) is 0. The van der Waals surface area contributed by atoms with E-state index in [1.54, 1.807) is 0 Å². The number of hydrogen-bond donors (Lipinski definition) is 1. The standard InChI is InChI=1S/C2H7NO.Na.H/c1-2-4-3;;/h2-3H2,1H3;;. The third-order valence-electron chi connectivity index (χ3n) is 0.167. The number of hydrogen-bond acceptors (Lipinski definition) is 2. The molecule has 0 spiro atoms. The van der Waals surface area contributed by atoms with Crippen LogP contribution in [0.15, 0.2) is 0 Å². The van der Waals surface area contributed by atoms with Gasteiger partial charge >= 0.3 is 29.6 Å². The third kappa shape index (κ3) is 11.4. The van der Waals surface area contributed by atoms with Gasteiger partial charge in [0.15, 0.2) is 0 Å². The molecule has 0 saturated carbocycles. The Kier molecular flexibility index (Phi) is 16.5. The summed E-state index contributed by atoms with van der Waals surface area (Å²) in [7, 11) is 0. The Morgan fingerprint density at radius 1 is 1.80 bits per heavy atom. The molecule has 0 amide bonds. The SMILES string of the molecule is CCON.[NaH]. The molecule has 2 nitrogen and oxygen atoms in total. The van der Waals surface area contributed by atoms with E-state index in [4.69, 9.17) is 0 Å². The van der Waals surface area contributed by atoms with Crippen LogP contribution in [0.2, 0.25) is 0 Å². The molecule has 0 aliphatic heterocycles. The van der Waals surface area contributed by atoms with Crippen LogP contribution in [-0.2, 0) is 4.84 Å². The maximum absolute atomic E-state index is 4.53. The Morgan fingerprint density at radius 2 is 2.00 bits per heavy atom. The zero-order valence-electron chi connectivity index (χ0n) is 2.69. The summed E-state index contributed by atoms with van der Waals surface area (Å²) in [6.07, 6.45) is 0. The van der Waals surface area contributed by atoms with Gasteiger partial charge in [0.2, 0.25) is 0 Å². The van der Waals surface area contributed by atoms with Crippen molar-refractivity contribution in [1.29, 1.82) is 0 Å². The Hall–Kier alpha value is 0.920. The topological polar surface area (TPSA) is 35.2 Å². The molecule has 0 aromatic heterocycles. The first-order valence-electron chi connectivity index (χ1n) is 1.23. The minimum atomic E-state index is 0. The van der Waals surface area contributed by atoms with Crippen molar-refractivity contribution in [2.75, 3.05) is 6.61 Å². The maximum atomic E-state index is 4.53. The Balaban J connectivity index is 0. The molecule has 0 heterocycles. The average Bonchev–Trinajstić information content (AvgIpc) is 1.37. The van der Waals surface area contributed by atoms with E-state index in [1.165, 1.54) is 0 Å². The summed E-state index contributed by atoms with van der Waals surface area (Å²) in [6.45, 7) is 2.43. The minimum absolute atomic E-state index is 0. The molecule has 0 aromatic rings. The average molecular weight is 85.1 g/mol. The summed E-state index contributed by atoms with van der Waals surface area (Å²) < 4.78 is 0. The summed E-state index contributed by atoms with van der Waals surface area (Å²) in [5, 5.41) is 0. The van der Waals surface area contributed by atoms with Gasteiger partial charge in [-0.15, -0.1) is 0 Å². The van der Waals surface area contributed by atoms with E-state index in [9.17, 15) is 0 Å². The van der Waals surface area contributed by atoms with Gasteiger partial charge in [0.25, 0.3) is 0 Å². The molecule has 2 N–H and O–H groups in total. The van der Waals surface area contributed by atoms with Gasteiger partial charge in [0.05, 0.1) is 6.61 Å². The van der Waals surface area contributed by atoms with Gasteiger partial charge in [-0.2, -0.15) is 0 Å². The van der Waals surface area contributed by atoms with Gasteiger partial charge in [-0.3, -0.25) is 0 Å². The van der Waals surface area contributed by atoms with Crippen LogP contribution in [-0.4, -0.2) is 36.2 Å². The van der Waals surface area contributed by atoms with E-state index in [0.29, 0.717) is 6.61 Å². The van der Waals surface area contributed by atoms with Crippen molar-refractivity contribution in [3.63, 3.8) is 0 Å². The molecular formula is C2H8NNaO. The van der Waals surface area contributed by atoms with Gasteiger partial charge in [0.1, 0.15) is 0 Å². The van der Waals surface area contributed by atoms with Crippen molar-refractivity contribution in [3.8, 4) is 0 Å². The fourth-order valence-electron chi connectivity index (χ4n) is 0. The van der Waals surface area contributed by atoms with Gasteiger partial charge in [-0.25, -0.2) is 5.90 Å². The molecule has 0 aliphatic carbocycles. The molecule has 0 aliphatic rings. The summed E-state index contributed by atoms with van der Waals surface area (Å²) in [6, 6.07) is 0. The number of rotatable bonds is 1. The zero-order chi connectivity index (χ0) is 3.41. The Labute approximate surface area is 53.9 Å². The van der Waals surface area contributed by atoms with E-state index in [1.807, 2.05) is 6.92 Å². The fraction of sp³-hybridized carbons (Fsp3) is 1.00. The van der Waals surface area contributed by atoms with Crippen molar-refractivity contribution in [1.82, 2.24) is 0 Å². The van der Waals surface area contributed by atoms with Crippen LogP contribution in [0.4, 0.5) is 0 Å². The van der Waals surface area contributed by atoms with E-state index in [-0.39, 0.29) is 29.6 Å². The molecule has 0 saturated heterocycles. The van der Waals surface area contributed by atoms with Gasteiger partial charge in [-0.1, -0.05) is 0 Å². The molecule has 0 radical (unpaired) electrons. The van der Waals surface area contributed by atoms with Crippen molar-refractivity contribution in [2.24, 2.45) is 5.90 Å². The molecular weight excluding hydrogens is 77.0 g/mol. The van der Waals surface area contributed by atoms with Gasteiger partial charge < -0.3 is 4.84 Å². The quantitative estimate of drug-likeness (QED) is 0.336. The van der Waals surface area contributed by atoms with Crippen LogP contribution in [0.1, 0.15) is 6.92 Å². The summed E-state index contributed by atoms with van der Waals surface area (Å²) in [5.74, 6) is 4.53. The zero-order valence-corrected chi connectivity index (χ0v) is 2.69. The normalized spacial score (nSPS) is 6.00. The first-order valence-corrected chi connectivity index (χ1v) is 1.23. The van der Waals surface area contributed by atoms with Crippen LogP contribution >= 0.6 is 0 Å². The Bertz CT molecular complexity index is 11.6. The molecule has 0 atom stereocenters. The van der Waals surface area contributed by atoms with Gasteiger partial charge in [-0.05, 0) is 6.92 Å². The van der Waals surface area contributed by atoms with E-state index >= 15 is 0 Å². The van der Waals surface area contributed by atoms with E-state index < -0.39 is 0 Å². The molecule has 0 aromatic carbocycles. The summed E-state index contributed by atoms with van der Waals surface area (Å²) >= 11 is 0. The molecule has 0 fully saturated rings. The molecule has 28 valence electrons. The second-order valence-electron chi connectivity index (χ2n) is 0.455.